The predicted octanol–water partition coefficient (Wildman–Crippen LogP) is 1.86. The highest BCUT2D eigenvalue weighted by Crippen LogP contribution is 2.32. The third kappa shape index (κ3) is 1.96. The first-order valence-corrected chi connectivity index (χ1v) is 5.26. The molecule has 5 heteroatoms. The predicted molar refractivity (Wildman–Crippen MR) is 63.1 cm³/mol. The average molecular weight is 236 g/mol. The van der Waals surface area contributed by atoms with Crippen molar-refractivity contribution in [3.8, 4) is 24.0 Å². The summed E-state index contributed by atoms with van der Waals surface area (Å²) in [6.07, 6.45) is 0.742. The Morgan fingerprint density at radius 1 is 1.17 bits per heavy atom. The lowest BCUT2D eigenvalue weighted by Crippen LogP contribution is -2.02. The fraction of sp³-hybridized carbons (Fsp3) is 0.154. The summed E-state index contributed by atoms with van der Waals surface area (Å²) in [5, 5.41) is 29.3. The maximum absolute atomic E-state index is 8.96. The Hall–Kier alpha value is -2.97. The molecule has 1 heterocycles. The minimum Gasteiger partial charge on any atom is -0.493 e. The molecule has 1 N–H and O–H groups in total. The van der Waals surface area contributed by atoms with Crippen LogP contribution in [0.4, 0.5) is 5.69 Å². The number of nitriles is 3. The Balaban J connectivity index is 2.40. The van der Waals surface area contributed by atoms with Crippen LogP contribution in [0.2, 0.25) is 0 Å². The van der Waals surface area contributed by atoms with Crippen molar-refractivity contribution < 1.29 is 4.74 Å². The van der Waals surface area contributed by atoms with Crippen LogP contribution in [0.1, 0.15) is 5.56 Å². The van der Waals surface area contributed by atoms with Crippen LogP contribution in [0.5, 0.6) is 5.75 Å². The van der Waals surface area contributed by atoms with Gasteiger partial charge in [0, 0.05) is 17.7 Å². The van der Waals surface area contributed by atoms with E-state index in [0.29, 0.717) is 12.3 Å². The molecule has 2 rings (SSSR count). The van der Waals surface area contributed by atoms with Gasteiger partial charge in [-0.15, -0.1) is 0 Å². The standard InChI is InChI=1S/C13H8N4O/c14-6-9(7-15)12(8-16)17-11-2-1-3-13-10(11)4-5-18-13/h1-3,17H,4-5H2. The van der Waals surface area contributed by atoms with Crippen LogP contribution in [-0.2, 0) is 6.42 Å². The second kappa shape index (κ2) is 4.91. The van der Waals surface area contributed by atoms with E-state index < -0.39 is 0 Å². The van der Waals surface area contributed by atoms with E-state index in [1.807, 2.05) is 12.1 Å². The minimum atomic E-state index is -0.228. The fourth-order valence-corrected chi connectivity index (χ4v) is 1.76. The van der Waals surface area contributed by atoms with Crippen LogP contribution in [0.15, 0.2) is 29.5 Å². The highest BCUT2D eigenvalue weighted by Gasteiger charge is 2.17. The van der Waals surface area contributed by atoms with E-state index >= 15 is 0 Å². The van der Waals surface area contributed by atoms with Crippen molar-refractivity contribution >= 4 is 5.69 Å². The Labute approximate surface area is 104 Å². The van der Waals surface area contributed by atoms with E-state index in [1.54, 1.807) is 24.3 Å². The zero-order chi connectivity index (χ0) is 13.0. The molecule has 1 aromatic carbocycles. The number of nitrogens with zero attached hydrogens (tertiary/aromatic N) is 3. The lowest BCUT2D eigenvalue weighted by atomic mass is 10.1. The van der Waals surface area contributed by atoms with Crippen LogP contribution in [-0.4, -0.2) is 6.61 Å². The van der Waals surface area contributed by atoms with Crippen molar-refractivity contribution in [2.45, 2.75) is 6.42 Å². The molecular formula is C13H8N4O. The molecule has 0 aliphatic carbocycles. The number of ether oxygens (including phenoxy) is 1. The van der Waals surface area contributed by atoms with Gasteiger partial charge in [0.1, 0.15) is 29.7 Å². The average Bonchev–Trinajstić information content (AvgIpc) is 2.88. The van der Waals surface area contributed by atoms with Crippen molar-refractivity contribution in [2.24, 2.45) is 0 Å². The van der Waals surface area contributed by atoms with Gasteiger partial charge in [0.15, 0.2) is 5.57 Å². The maximum atomic E-state index is 8.96. The van der Waals surface area contributed by atoms with Crippen LogP contribution < -0.4 is 10.1 Å². The van der Waals surface area contributed by atoms with Crippen molar-refractivity contribution in [2.75, 3.05) is 11.9 Å². The molecule has 0 bridgehead atoms. The van der Waals surface area contributed by atoms with Gasteiger partial charge in [0.05, 0.1) is 6.61 Å². The number of nitrogens with one attached hydrogen (secondary N) is 1. The summed E-state index contributed by atoms with van der Waals surface area (Å²) in [6.45, 7) is 0.600. The molecule has 0 aromatic heterocycles. The van der Waals surface area contributed by atoms with Gasteiger partial charge in [-0.25, -0.2) is 0 Å². The van der Waals surface area contributed by atoms with E-state index in [0.717, 1.165) is 17.7 Å². The summed E-state index contributed by atoms with van der Waals surface area (Å²) in [4.78, 5) is 0. The molecule has 0 radical (unpaired) electrons. The lowest BCUT2D eigenvalue weighted by molar-refractivity contribution is 0.357. The van der Waals surface area contributed by atoms with Gasteiger partial charge in [0.2, 0.25) is 0 Å². The summed E-state index contributed by atoms with van der Waals surface area (Å²) >= 11 is 0. The van der Waals surface area contributed by atoms with Gasteiger partial charge in [-0.3, -0.25) is 0 Å². The summed E-state index contributed by atoms with van der Waals surface area (Å²) in [7, 11) is 0. The first-order chi connectivity index (χ1) is 8.80. The monoisotopic (exact) mass is 236 g/mol. The van der Waals surface area contributed by atoms with Gasteiger partial charge < -0.3 is 10.1 Å². The molecular weight excluding hydrogens is 228 g/mol. The third-order valence-corrected chi connectivity index (χ3v) is 2.59. The summed E-state index contributed by atoms with van der Waals surface area (Å²) in [6, 6.07) is 10.6. The number of anilines is 1. The highest BCUT2D eigenvalue weighted by atomic mass is 16.5. The largest absolute Gasteiger partial charge is 0.493 e. The molecule has 0 spiro atoms. The van der Waals surface area contributed by atoms with Crippen molar-refractivity contribution in [1.82, 2.24) is 0 Å². The molecule has 0 unspecified atom stereocenters. The highest BCUT2D eigenvalue weighted by molar-refractivity contribution is 5.65. The van der Waals surface area contributed by atoms with E-state index in [1.165, 1.54) is 0 Å². The van der Waals surface area contributed by atoms with Gasteiger partial charge in [-0.05, 0) is 12.1 Å². The fourth-order valence-electron chi connectivity index (χ4n) is 1.76. The molecule has 0 atom stereocenters. The van der Waals surface area contributed by atoms with Crippen LogP contribution >= 0.6 is 0 Å². The molecule has 1 aliphatic heterocycles. The molecule has 1 aromatic rings. The van der Waals surface area contributed by atoms with Gasteiger partial charge >= 0.3 is 0 Å². The molecule has 18 heavy (non-hydrogen) atoms. The molecule has 0 fully saturated rings. The van der Waals surface area contributed by atoms with E-state index in [4.69, 9.17) is 20.5 Å². The summed E-state index contributed by atoms with van der Waals surface area (Å²) in [5.41, 5.74) is 1.39. The molecule has 1 aliphatic rings. The van der Waals surface area contributed by atoms with E-state index in [-0.39, 0.29) is 11.3 Å². The normalized spacial score (nSPS) is 11.2. The molecule has 0 amide bonds. The third-order valence-electron chi connectivity index (χ3n) is 2.59. The number of hydrogen-bond donors (Lipinski definition) is 1. The molecule has 86 valence electrons. The molecule has 0 saturated carbocycles. The van der Waals surface area contributed by atoms with Gasteiger partial charge in [-0.1, -0.05) is 6.07 Å². The first-order valence-electron chi connectivity index (χ1n) is 5.26. The summed E-state index contributed by atoms with van der Waals surface area (Å²) in [5.74, 6) is 0.771. The summed E-state index contributed by atoms with van der Waals surface area (Å²) < 4.78 is 5.40. The second-order valence-corrected chi connectivity index (χ2v) is 3.59. The first kappa shape index (κ1) is 11.5. The minimum absolute atomic E-state index is 0.0414. The van der Waals surface area contributed by atoms with Crippen LogP contribution in [0, 0.1) is 34.0 Å². The zero-order valence-corrected chi connectivity index (χ0v) is 9.40. The lowest BCUT2D eigenvalue weighted by Gasteiger charge is -2.08. The smallest absolute Gasteiger partial charge is 0.163 e. The van der Waals surface area contributed by atoms with E-state index in [9.17, 15) is 0 Å². The Morgan fingerprint density at radius 3 is 2.61 bits per heavy atom. The van der Waals surface area contributed by atoms with E-state index in [2.05, 4.69) is 5.32 Å². The van der Waals surface area contributed by atoms with Gasteiger partial charge in [0.25, 0.3) is 0 Å². The second-order valence-electron chi connectivity index (χ2n) is 3.59. The number of benzene rings is 1. The van der Waals surface area contributed by atoms with Crippen LogP contribution in [0.25, 0.3) is 0 Å². The van der Waals surface area contributed by atoms with Crippen molar-refractivity contribution in [3.63, 3.8) is 0 Å². The van der Waals surface area contributed by atoms with Crippen LogP contribution in [0.3, 0.4) is 0 Å². The quantitative estimate of drug-likeness (QED) is 0.791. The van der Waals surface area contributed by atoms with Gasteiger partial charge in [-0.2, -0.15) is 15.8 Å². The number of allylic oxidation sites excluding steroid dienone is 2. The SMILES string of the molecule is N#CC(C#N)=C(C#N)Nc1cccc2c1CCO2. The Kier molecular flexibility index (Phi) is 3.14. The topological polar surface area (TPSA) is 92.6 Å². The zero-order valence-electron chi connectivity index (χ0n) is 9.40. The number of hydrogen-bond acceptors (Lipinski definition) is 5. The number of rotatable bonds is 2. The number of fused-ring (bicyclic) bond motifs is 1. The van der Waals surface area contributed by atoms with Crippen molar-refractivity contribution in [3.05, 3.63) is 35.0 Å². The Morgan fingerprint density at radius 2 is 1.94 bits per heavy atom. The molecule has 5 nitrogen and oxygen atoms in total. The van der Waals surface area contributed by atoms with Crippen molar-refractivity contribution in [1.29, 1.82) is 15.8 Å². The maximum Gasteiger partial charge on any atom is 0.163 e. The Bertz CT molecular complexity index is 624. The molecule has 0 saturated heterocycles.